The molecular weight excluding hydrogens is 442 g/mol. The first kappa shape index (κ1) is 23.0. The monoisotopic (exact) mass is 473 g/mol. The van der Waals surface area contributed by atoms with Gasteiger partial charge in [-0.05, 0) is 78.2 Å². The average Bonchev–Trinajstić information content (AvgIpc) is 3.31. The molecule has 4 nitrogen and oxygen atoms in total. The van der Waals surface area contributed by atoms with Crippen molar-refractivity contribution in [2.75, 3.05) is 0 Å². The van der Waals surface area contributed by atoms with Gasteiger partial charge in [0.25, 0.3) is 0 Å². The maximum absolute atomic E-state index is 13.7. The topological polar surface area (TPSA) is 56.3 Å². The Hall–Kier alpha value is -2.79. The zero-order valence-electron chi connectivity index (χ0n) is 20.1. The molecule has 0 N–H and O–H groups in total. The van der Waals surface area contributed by atoms with E-state index in [4.69, 9.17) is 9.72 Å². The molecule has 0 saturated heterocycles. The second-order valence-electron chi connectivity index (χ2n) is 10.6. The Morgan fingerprint density at radius 1 is 1.12 bits per heavy atom. The molecule has 2 aliphatic rings. The molecule has 3 aromatic rings. The van der Waals surface area contributed by atoms with Crippen LogP contribution in [0.3, 0.4) is 0 Å². The highest BCUT2D eigenvalue weighted by atomic mass is 32.1. The maximum Gasteiger partial charge on any atom is 0.339 e. The second-order valence-corrected chi connectivity index (χ2v) is 11.6. The SMILES string of the molecule is CC(C)(C)C1CC(=Cc2cccs2)c2nc3ccccc3c(C(=O)OC3CCCCC3=O)c2C1. The number of carbonyl (C=O) groups excluding carboxylic acids is 2. The molecule has 2 atom stereocenters. The summed E-state index contributed by atoms with van der Waals surface area (Å²) in [5.74, 6) is 0.00912. The first-order chi connectivity index (χ1) is 16.3. The lowest BCUT2D eigenvalue weighted by atomic mass is 9.69. The number of hydrogen-bond donors (Lipinski definition) is 0. The van der Waals surface area contributed by atoms with E-state index in [1.165, 1.54) is 4.88 Å². The molecule has 176 valence electrons. The lowest BCUT2D eigenvalue weighted by Gasteiger charge is -2.36. The summed E-state index contributed by atoms with van der Waals surface area (Å²) in [4.78, 5) is 32.4. The smallest absolute Gasteiger partial charge is 0.339 e. The van der Waals surface area contributed by atoms with Crippen LogP contribution in [0.2, 0.25) is 0 Å². The van der Waals surface area contributed by atoms with Crippen LogP contribution in [0.1, 0.15) is 79.4 Å². The number of thiophene rings is 1. The predicted octanol–water partition coefficient (Wildman–Crippen LogP) is 7.11. The van der Waals surface area contributed by atoms with Crippen molar-refractivity contribution in [1.82, 2.24) is 4.98 Å². The van der Waals surface area contributed by atoms with Gasteiger partial charge in [0.2, 0.25) is 0 Å². The van der Waals surface area contributed by atoms with Crippen molar-refractivity contribution in [2.45, 2.75) is 65.4 Å². The van der Waals surface area contributed by atoms with Crippen molar-refractivity contribution >= 4 is 45.6 Å². The number of allylic oxidation sites excluding steroid dienone is 1. The van der Waals surface area contributed by atoms with Gasteiger partial charge in [-0.15, -0.1) is 11.3 Å². The third-order valence-corrected chi connectivity index (χ3v) is 8.07. The second kappa shape index (κ2) is 9.10. The molecule has 0 spiro atoms. The number of ketones is 1. The van der Waals surface area contributed by atoms with E-state index in [0.29, 0.717) is 24.3 Å². The molecule has 0 bridgehead atoms. The molecule has 2 aliphatic carbocycles. The first-order valence-electron chi connectivity index (χ1n) is 12.2. The number of rotatable bonds is 3. The van der Waals surface area contributed by atoms with E-state index in [-0.39, 0.29) is 17.2 Å². The number of fused-ring (bicyclic) bond motifs is 2. The summed E-state index contributed by atoms with van der Waals surface area (Å²) in [7, 11) is 0. The molecule has 5 rings (SSSR count). The summed E-state index contributed by atoms with van der Waals surface area (Å²) in [5, 5.41) is 2.88. The quantitative estimate of drug-likeness (QED) is 0.380. The first-order valence-corrected chi connectivity index (χ1v) is 13.1. The number of carbonyl (C=O) groups is 2. The highest BCUT2D eigenvalue weighted by Gasteiger charge is 2.36. The van der Waals surface area contributed by atoms with E-state index in [0.717, 1.165) is 53.4 Å². The van der Waals surface area contributed by atoms with E-state index in [9.17, 15) is 9.59 Å². The minimum absolute atomic E-state index is 0.0395. The summed E-state index contributed by atoms with van der Waals surface area (Å²) >= 11 is 1.70. The summed E-state index contributed by atoms with van der Waals surface area (Å²) in [6, 6.07) is 12.0. The Kier molecular flexibility index (Phi) is 6.15. The molecule has 5 heteroatoms. The zero-order valence-corrected chi connectivity index (χ0v) is 20.9. The van der Waals surface area contributed by atoms with Crippen LogP contribution in [-0.4, -0.2) is 22.8 Å². The highest BCUT2D eigenvalue weighted by molar-refractivity contribution is 7.10. The van der Waals surface area contributed by atoms with Crippen LogP contribution in [0, 0.1) is 11.3 Å². The van der Waals surface area contributed by atoms with Gasteiger partial charge >= 0.3 is 5.97 Å². The number of pyridine rings is 1. The van der Waals surface area contributed by atoms with Crippen LogP contribution in [-0.2, 0) is 16.0 Å². The van der Waals surface area contributed by atoms with Gasteiger partial charge < -0.3 is 4.74 Å². The number of para-hydroxylation sites is 1. The number of Topliss-reactive ketones (excluding diaryl/α,β-unsaturated/α-hetero) is 1. The molecule has 2 aromatic heterocycles. The van der Waals surface area contributed by atoms with E-state index in [2.05, 4.69) is 44.4 Å². The van der Waals surface area contributed by atoms with Crippen LogP contribution in [0.15, 0.2) is 41.8 Å². The lowest BCUT2D eigenvalue weighted by molar-refractivity contribution is -0.129. The Morgan fingerprint density at radius 2 is 1.94 bits per heavy atom. The van der Waals surface area contributed by atoms with Gasteiger partial charge in [0, 0.05) is 16.7 Å². The molecule has 1 saturated carbocycles. The number of esters is 1. The molecule has 0 radical (unpaired) electrons. The molecule has 0 aliphatic heterocycles. The van der Waals surface area contributed by atoms with Crippen molar-refractivity contribution in [3.8, 4) is 0 Å². The summed E-state index contributed by atoms with van der Waals surface area (Å²) in [6.07, 6.45) is 6.17. The summed E-state index contributed by atoms with van der Waals surface area (Å²) in [6.45, 7) is 6.79. The number of nitrogens with zero attached hydrogens (tertiary/aromatic N) is 1. The Balaban J connectivity index is 1.68. The van der Waals surface area contributed by atoms with Crippen molar-refractivity contribution in [2.24, 2.45) is 11.3 Å². The number of hydrogen-bond acceptors (Lipinski definition) is 5. The molecule has 1 aromatic carbocycles. The van der Waals surface area contributed by atoms with Crippen molar-refractivity contribution < 1.29 is 14.3 Å². The third-order valence-electron chi connectivity index (χ3n) is 7.25. The molecule has 34 heavy (non-hydrogen) atoms. The van der Waals surface area contributed by atoms with Gasteiger partial charge in [-0.1, -0.05) is 45.0 Å². The Morgan fingerprint density at radius 3 is 2.68 bits per heavy atom. The molecule has 0 amide bonds. The number of benzene rings is 1. The van der Waals surface area contributed by atoms with Crippen LogP contribution in [0.25, 0.3) is 22.6 Å². The number of aromatic nitrogens is 1. The van der Waals surface area contributed by atoms with Crippen molar-refractivity contribution in [1.29, 1.82) is 0 Å². The highest BCUT2D eigenvalue weighted by Crippen LogP contribution is 2.45. The maximum atomic E-state index is 13.7. The summed E-state index contributed by atoms with van der Waals surface area (Å²) in [5.41, 5.74) is 4.46. The molecule has 1 fully saturated rings. The fourth-order valence-corrected chi connectivity index (χ4v) is 5.86. The van der Waals surface area contributed by atoms with E-state index in [1.54, 1.807) is 11.3 Å². The van der Waals surface area contributed by atoms with Crippen LogP contribution in [0.5, 0.6) is 0 Å². The van der Waals surface area contributed by atoms with Gasteiger partial charge in [-0.3, -0.25) is 4.79 Å². The van der Waals surface area contributed by atoms with Crippen LogP contribution < -0.4 is 0 Å². The van der Waals surface area contributed by atoms with E-state index >= 15 is 0 Å². The standard InChI is InChI=1S/C29H31NO3S/c1-29(2,3)19-15-18(16-20-9-8-14-34-20)27-22(17-19)26(21-10-4-5-11-23(21)30-27)28(32)33-25-13-7-6-12-24(25)31/h4-5,8-11,14,16,19,25H,6-7,12-13,15,17H2,1-3H3. The van der Waals surface area contributed by atoms with Crippen molar-refractivity contribution in [3.63, 3.8) is 0 Å². The fourth-order valence-electron chi connectivity index (χ4n) is 5.18. The van der Waals surface area contributed by atoms with Gasteiger partial charge in [0.05, 0.1) is 16.8 Å². The van der Waals surface area contributed by atoms with Crippen LogP contribution in [0.4, 0.5) is 0 Å². The molecule has 2 heterocycles. The lowest BCUT2D eigenvalue weighted by Crippen LogP contribution is -2.32. The van der Waals surface area contributed by atoms with Crippen molar-refractivity contribution in [3.05, 3.63) is 63.5 Å². The minimum atomic E-state index is -0.632. The summed E-state index contributed by atoms with van der Waals surface area (Å²) < 4.78 is 5.89. The Bertz CT molecular complexity index is 1270. The average molecular weight is 474 g/mol. The number of ether oxygens (including phenoxy) is 1. The largest absolute Gasteiger partial charge is 0.451 e. The minimum Gasteiger partial charge on any atom is -0.451 e. The zero-order chi connectivity index (χ0) is 23.9. The molecular formula is C29H31NO3S. The fraction of sp³-hybridized carbons (Fsp3) is 0.414. The van der Waals surface area contributed by atoms with Crippen LogP contribution >= 0.6 is 11.3 Å². The van der Waals surface area contributed by atoms with Gasteiger partial charge in [-0.25, -0.2) is 9.78 Å². The normalized spacial score (nSPS) is 22.1. The van der Waals surface area contributed by atoms with Gasteiger partial charge in [-0.2, -0.15) is 0 Å². The molecule has 2 unspecified atom stereocenters. The third kappa shape index (κ3) is 4.46. The Labute approximate surface area is 205 Å². The van der Waals surface area contributed by atoms with Gasteiger partial charge in [0.1, 0.15) is 0 Å². The van der Waals surface area contributed by atoms with Gasteiger partial charge in [0.15, 0.2) is 11.9 Å². The van der Waals surface area contributed by atoms with E-state index < -0.39 is 6.10 Å². The predicted molar refractivity (Wildman–Crippen MR) is 138 cm³/mol. The van der Waals surface area contributed by atoms with E-state index in [1.807, 2.05) is 24.3 Å².